The number of nitrogens with zero attached hydrogens (tertiary/aromatic N) is 8. The van der Waals surface area contributed by atoms with Gasteiger partial charge in [0.05, 0.1) is 11.9 Å². The summed E-state index contributed by atoms with van der Waals surface area (Å²) in [7, 11) is 0. The van der Waals surface area contributed by atoms with E-state index in [4.69, 9.17) is 4.63 Å². The van der Waals surface area contributed by atoms with Gasteiger partial charge in [-0.3, -0.25) is 4.79 Å². The molecule has 12 nitrogen and oxygen atoms in total. The highest BCUT2D eigenvalue weighted by Gasteiger charge is 2.26. The molecule has 0 bridgehead atoms. The number of hydrogen-bond donors (Lipinski definition) is 2. The molecule has 0 atom stereocenters. The van der Waals surface area contributed by atoms with Crippen molar-refractivity contribution in [3.8, 4) is 11.6 Å². The molecule has 1 fully saturated rings. The number of hydrogen-bond acceptors (Lipinski definition) is 10. The van der Waals surface area contributed by atoms with E-state index in [2.05, 4.69) is 54.8 Å². The summed E-state index contributed by atoms with van der Waals surface area (Å²) in [5, 5.41) is 30.8. The zero-order chi connectivity index (χ0) is 25.5. The summed E-state index contributed by atoms with van der Waals surface area (Å²) < 4.78 is 6.55. The van der Waals surface area contributed by atoms with E-state index in [0.717, 1.165) is 44.7 Å². The molecule has 1 aromatic carbocycles. The monoisotopic (exact) mass is 495 g/mol. The van der Waals surface area contributed by atoms with Crippen LogP contribution in [0.25, 0.3) is 5.82 Å². The summed E-state index contributed by atoms with van der Waals surface area (Å²) in [5.41, 5.74) is 4.60. The minimum atomic E-state index is -0.513. The number of aromatic nitrogens is 5. The molecule has 192 valence electrons. The van der Waals surface area contributed by atoms with Crippen molar-refractivity contribution in [1.29, 1.82) is 0 Å². The van der Waals surface area contributed by atoms with Crippen LogP contribution in [0.1, 0.15) is 68.2 Å². The number of carbonyl (C=O) groups is 1. The van der Waals surface area contributed by atoms with Gasteiger partial charge in [0.25, 0.3) is 5.91 Å². The molecule has 1 saturated heterocycles. The Labute approximate surface area is 209 Å². The van der Waals surface area contributed by atoms with Crippen LogP contribution in [0, 0.1) is 0 Å². The molecule has 2 N–H and O–H groups in total. The molecule has 3 aromatic rings. The molecule has 2 aromatic heterocycles. The lowest BCUT2D eigenvalue weighted by Crippen LogP contribution is -2.26. The zero-order valence-corrected chi connectivity index (χ0v) is 21.0. The third kappa shape index (κ3) is 5.31. The standard InChI is InChI=1S/C24H33N9O3/c1-4-19-21(24(35)27-25-16-17-11-12-18(15-20(17)34)31(5-2)6-3)26-30-33(19)23-22(28-36-29-23)32-13-9-7-8-10-14-32/h11-12,15-16,34H,4-10,13-14H2,1-3H3,(H,27,35)/b25-16-. The van der Waals surface area contributed by atoms with Crippen LogP contribution in [0.2, 0.25) is 0 Å². The number of anilines is 2. The van der Waals surface area contributed by atoms with E-state index in [1.165, 1.54) is 23.7 Å². The Morgan fingerprint density at radius 2 is 1.86 bits per heavy atom. The first-order valence-electron chi connectivity index (χ1n) is 12.5. The van der Waals surface area contributed by atoms with Gasteiger partial charge in [0.1, 0.15) is 5.75 Å². The van der Waals surface area contributed by atoms with Gasteiger partial charge in [0.15, 0.2) is 5.69 Å². The first-order valence-corrected chi connectivity index (χ1v) is 12.5. The van der Waals surface area contributed by atoms with Crippen LogP contribution in [-0.2, 0) is 6.42 Å². The summed E-state index contributed by atoms with van der Waals surface area (Å²) in [6, 6.07) is 5.35. The second-order valence-corrected chi connectivity index (χ2v) is 8.58. The SMILES string of the molecule is CCc1c(C(=O)N/N=C\c2ccc(N(CC)CC)cc2O)nnn1-c1nonc1N1CCCCCC1. The summed E-state index contributed by atoms with van der Waals surface area (Å²) in [6.45, 7) is 9.42. The zero-order valence-electron chi connectivity index (χ0n) is 21.0. The van der Waals surface area contributed by atoms with E-state index in [1.54, 1.807) is 12.1 Å². The number of hydrazone groups is 1. The van der Waals surface area contributed by atoms with Gasteiger partial charge in [0.2, 0.25) is 11.6 Å². The molecule has 12 heteroatoms. The fourth-order valence-electron chi connectivity index (χ4n) is 4.40. The van der Waals surface area contributed by atoms with Crippen molar-refractivity contribution in [3.63, 3.8) is 0 Å². The molecular weight excluding hydrogens is 462 g/mol. The number of rotatable bonds is 9. The number of amides is 1. The van der Waals surface area contributed by atoms with E-state index in [1.807, 2.05) is 13.0 Å². The maximum atomic E-state index is 12.9. The number of benzene rings is 1. The van der Waals surface area contributed by atoms with Crippen LogP contribution in [0.3, 0.4) is 0 Å². The van der Waals surface area contributed by atoms with Crippen molar-refractivity contribution in [2.45, 2.75) is 52.9 Å². The van der Waals surface area contributed by atoms with Crippen LogP contribution >= 0.6 is 0 Å². The predicted octanol–water partition coefficient (Wildman–Crippen LogP) is 2.91. The maximum absolute atomic E-state index is 12.9. The van der Waals surface area contributed by atoms with Gasteiger partial charge in [-0.2, -0.15) is 9.78 Å². The fourth-order valence-corrected chi connectivity index (χ4v) is 4.40. The minimum absolute atomic E-state index is 0.0807. The van der Waals surface area contributed by atoms with Crippen LogP contribution < -0.4 is 15.2 Å². The second-order valence-electron chi connectivity index (χ2n) is 8.58. The Bertz CT molecular complexity index is 1190. The molecule has 0 saturated carbocycles. The Hall–Kier alpha value is -3.96. The third-order valence-electron chi connectivity index (χ3n) is 6.39. The van der Waals surface area contributed by atoms with Crippen LogP contribution in [0.5, 0.6) is 5.75 Å². The van der Waals surface area contributed by atoms with Crippen molar-refractivity contribution in [3.05, 3.63) is 35.2 Å². The number of nitrogens with one attached hydrogen (secondary N) is 1. The summed E-state index contributed by atoms with van der Waals surface area (Å²) in [5.74, 6) is 0.589. The lowest BCUT2D eigenvalue weighted by Gasteiger charge is -2.21. The molecular formula is C24H33N9O3. The van der Waals surface area contributed by atoms with E-state index < -0.39 is 5.91 Å². The molecule has 1 aliphatic heterocycles. The third-order valence-corrected chi connectivity index (χ3v) is 6.39. The first kappa shape index (κ1) is 25.1. The predicted molar refractivity (Wildman–Crippen MR) is 136 cm³/mol. The Kier molecular flexibility index (Phi) is 8.13. The quantitative estimate of drug-likeness (QED) is 0.339. The minimum Gasteiger partial charge on any atom is -0.507 e. The fraction of sp³-hybridized carbons (Fsp3) is 0.500. The van der Waals surface area contributed by atoms with Gasteiger partial charge in [-0.25, -0.2) is 10.1 Å². The molecule has 0 aliphatic carbocycles. The topological polar surface area (TPSA) is 138 Å². The van der Waals surface area contributed by atoms with Crippen LogP contribution in [0.4, 0.5) is 11.5 Å². The van der Waals surface area contributed by atoms with Crippen LogP contribution in [0.15, 0.2) is 27.9 Å². The summed E-state index contributed by atoms with van der Waals surface area (Å²) in [4.78, 5) is 17.1. The average molecular weight is 496 g/mol. The van der Waals surface area contributed by atoms with Gasteiger partial charge >= 0.3 is 0 Å². The van der Waals surface area contributed by atoms with Gasteiger partial charge in [-0.05, 0) is 55.6 Å². The van der Waals surface area contributed by atoms with Crippen molar-refractivity contribution in [1.82, 2.24) is 30.7 Å². The number of aromatic hydroxyl groups is 1. The smallest absolute Gasteiger partial charge is 0.293 e. The van der Waals surface area contributed by atoms with E-state index >= 15 is 0 Å². The second kappa shape index (κ2) is 11.6. The molecule has 36 heavy (non-hydrogen) atoms. The molecule has 1 aliphatic rings. The van der Waals surface area contributed by atoms with E-state index in [-0.39, 0.29) is 11.4 Å². The lowest BCUT2D eigenvalue weighted by atomic mass is 10.2. The largest absolute Gasteiger partial charge is 0.507 e. The van der Waals surface area contributed by atoms with Crippen molar-refractivity contribution in [2.24, 2.45) is 5.10 Å². The van der Waals surface area contributed by atoms with Gasteiger partial charge in [-0.15, -0.1) is 5.10 Å². The van der Waals surface area contributed by atoms with Crippen molar-refractivity contribution >= 4 is 23.6 Å². The number of carbonyl (C=O) groups excluding carboxylic acids is 1. The van der Waals surface area contributed by atoms with Crippen molar-refractivity contribution < 1.29 is 14.5 Å². The summed E-state index contributed by atoms with van der Waals surface area (Å²) in [6.07, 6.45) is 6.40. The Balaban J connectivity index is 1.49. The van der Waals surface area contributed by atoms with Gasteiger partial charge < -0.3 is 14.9 Å². The normalized spacial score (nSPS) is 14.2. The highest BCUT2D eigenvalue weighted by molar-refractivity contribution is 5.94. The highest BCUT2D eigenvalue weighted by atomic mass is 16.6. The molecule has 0 unspecified atom stereocenters. The van der Waals surface area contributed by atoms with E-state index in [0.29, 0.717) is 29.3 Å². The number of phenols is 1. The van der Waals surface area contributed by atoms with E-state index in [9.17, 15) is 9.90 Å². The highest BCUT2D eigenvalue weighted by Crippen LogP contribution is 2.25. The lowest BCUT2D eigenvalue weighted by molar-refractivity contribution is 0.0949. The molecule has 3 heterocycles. The molecule has 1 amide bonds. The maximum Gasteiger partial charge on any atom is 0.293 e. The number of phenolic OH excluding ortho intramolecular Hbond substituents is 1. The first-order chi connectivity index (χ1) is 17.6. The molecule has 0 radical (unpaired) electrons. The van der Waals surface area contributed by atoms with Gasteiger partial charge in [-0.1, -0.05) is 25.0 Å². The Morgan fingerprint density at radius 1 is 1.14 bits per heavy atom. The Morgan fingerprint density at radius 3 is 2.53 bits per heavy atom. The summed E-state index contributed by atoms with van der Waals surface area (Å²) >= 11 is 0. The van der Waals surface area contributed by atoms with Crippen molar-refractivity contribution in [2.75, 3.05) is 36.0 Å². The molecule has 0 spiro atoms. The van der Waals surface area contributed by atoms with Crippen LogP contribution in [-0.4, -0.2) is 68.7 Å². The molecule has 4 rings (SSSR count). The van der Waals surface area contributed by atoms with Gasteiger partial charge in [0, 0.05) is 43.5 Å². The average Bonchev–Trinajstić information content (AvgIpc) is 3.45.